The quantitative estimate of drug-likeness (QED) is 0.449. The van der Waals surface area contributed by atoms with Gasteiger partial charge in [0, 0.05) is 16.3 Å². The number of hydrogen-bond acceptors (Lipinski definition) is 5. The van der Waals surface area contributed by atoms with Gasteiger partial charge in [0.2, 0.25) is 11.0 Å². The number of hydrogen-bond donors (Lipinski definition) is 2. The largest absolute Gasteiger partial charge is 0.497 e. The minimum Gasteiger partial charge on any atom is -0.497 e. The van der Waals surface area contributed by atoms with Crippen LogP contribution in [0.25, 0.3) is 0 Å². The average molecular weight is 527 g/mol. The fourth-order valence-electron chi connectivity index (χ4n) is 3.56. The number of anilines is 2. The van der Waals surface area contributed by atoms with Crippen LogP contribution in [0.3, 0.4) is 0 Å². The van der Waals surface area contributed by atoms with Crippen molar-refractivity contribution < 1.29 is 23.5 Å². The molecule has 2 N–H and O–H groups in total. The number of carbonyl (C=O) groups is 3. The standard InChI is InChI=1S/C25H20ClFN4O4S/c1-35-20-12-10-19(11-13-20)30-24(34)21(14-22(32)28-18-8-6-17(27)7-9-18)31(25(30)36)29-23(33)15-2-4-16(26)5-3-15/h2-13,21H,14H2,1H3,(H,28,32)(H,29,33). The molecule has 0 aromatic heterocycles. The maximum Gasteiger partial charge on any atom is 0.269 e. The lowest BCUT2D eigenvalue weighted by atomic mass is 10.1. The lowest BCUT2D eigenvalue weighted by Crippen LogP contribution is -2.49. The molecule has 4 rings (SSSR count). The van der Waals surface area contributed by atoms with Crippen molar-refractivity contribution in [3.05, 3.63) is 89.2 Å². The number of thiocarbonyl (C=S) groups is 1. The van der Waals surface area contributed by atoms with Crippen LogP contribution in [0.5, 0.6) is 5.75 Å². The van der Waals surface area contributed by atoms with Gasteiger partial charge >= 0.3 is 0 Å². The molecule has 0 saturated carbocycles. The van der Waals surface area contributed by atoms with Crippen molar-refractivity contribution in [1.29, 1.82) is 0 Å². The molecular weight excluding hydrogens is 507 g/mol. The van der Waals surface area contributed by atoms with Gasteiger partial charge in [-0.1, -0.05) is 11.6 Å². The first kappa shape index (κ1) is 25.1. The Balaban J connectivity index is 1.59. The van der Waals surface area contributed by atoms with E-state index in [-0.39, 0.29) is 17.1 Å². The minimum atomic E-state index is -1.13. The minimum absolute atomic E-state index is 0.00735. The van der Waals surface area contributed by atoms with Gasteiger partial charge in [-0.25, -0.2) is 9.40 Å². The van der Waals surface area contributed by atoms with Gasteiger partial charge < -0.3 is 10.1 Å². The second-order valence-electron chi connectivity index (χ2n) is 7.75. The summed E-state index contributed by atoms with van der Waals surface area (Å²) in [6.45, 7) is 0. The second-order valence-corrected chi connectivity index (χ2v) is 8.55. The molecule has 1 fully saturated rings. The summed E-state index contributed by atoms with van der Waals surface area (Å²) in [5, 5.41) is 4.27. The Kier molecular flexibility index (Phi) is 7.47. The molecule has 1 aliphatic heterocycles. The number of halogens is 2. The van der Waals surface area contributed by atoms with Gasteiger partial charge in [-0.2, -0.15) is 0 Å². The van der Waals surface area contributed by atoms with Crippen LogP contribution in [0, 0.1) is 5.82 Å². The van der Waals surface area contributed by atoms with Crippen LogP contribution >= 0.6 is 23.8 Å². The number of amides is 3. The maximum atomic E-state index is 13.4. The summed E-state index contributed by atoms with van der Waals surface area (Å²) in [5.41, 5.74) is 3.72. The van der Waals surface area contributed by atoms with E-state index >= 15 is 0 Å². The van der Waals surface area contributed by atoms with Gasteiger partial charge in [0.1, 0.15) is 17.6 Å². The molecule has 1 atom stereocenters. The number of rotatable bonds is 7. The van der Waals surface area contributed by atoms with Crippen LogP contribution in [-0.2, 0) is 9.59 Å². The van der Waals surface area contributed by atoms with E-state index in [1.807, 2.05) is 0 Å². The Morgan fingerprint density at radius 2 is 1.67 bits per heavy atom. The molecule has 1 aliphatic rings. The van der Waals surface area contributed by atoms with Crippen molar-refractivity contribution in [3.63, 3.8) is 0 Å². The number of ether oxygens (including phenoxy) is 1. The highest BCUT2D eigenvalue weighted by Crippen LogP contribution is 2.28. The lowest BCUT2D eigenvalue weighted by molar-refractivity contribution is -0.124. The zero-order valence-corrected chi connectivity index (χ0v) is 20.5. The highest BCUT2D eigenvalue weighted by atomic mass is 35.5. The van der Waals surface area contributed by atoms with Crippen molar-refractivity contribution in [2.75, 3.05) is 17.3 Å². The molecule has 3 aromatic carbocycles. The molecule has 0 radical (unpaired) electrons. The predicted octanol–water partition coefficient (Wildman–Crippen LogP) is 4.16. The monoisotopic (exact) mass is 526 g/mol. The number of benzene rings is 3. The number of methoxy groups -OCH3 is 1. The van der Waals surface area contributed by atoms with E-state index < -0.39 is 29.6 Å². The van der Waals surface area contributed by atoms with Gasteiger partial charge in [0.15, 0.2) is 0 Å². The van der Waals surface area contributed by atoms with Crippen LogP contribution in [0.2, 0.25) is 5.02 Å². The molecule has 0 spiro atoms. The Bertz CT molecular complexity index is 1300. The van der Waals surface area contributed by atoms with Crippen LogP contribution in [-0.4, -0.2) is 41.0 Å². The Hall–Kier alpha value is -4.02. The fraction of sp³-hybridized carbons (Fsp3) is 0.120. The van der Waals surface area contributed by atoms with E-state index in [0.717, 1.165) is 0 Å². The van der Waals surface area contributed by atoms with Gasteiger partial charge in [-0.15, -0.1) is 0 Å². The third-order valence-corrected chi connectivity index (χ3v) is 6.01. The van der Waals surface area contributed by atoms with E-state index in [2.05, 4.69) is 10.7 Å². The summed E-state index contributed by atoms with van der Waals surface area (Å²) < 4.78 is 18.4. The Labute approximate surface area is 216 Å². The molecule has 3 aromatic rings. The summed E-state index contributed by atoms with van der Waals surface area (Å²) in [4.78, 5) is 40.4. The zero-order valence-electron chi connectivity index (χ0n) is 18.9. The molecule has 1 unspecified atom stereocenters. The van der Waals surface area contributed by atoms with E-state index in [0.29, 0.717) is 22.1 Å². The van der Waals surface area contributed by atoms with Crippen LogP contribution < -0.4 is 20.4 Å². The van der Waals surface area contributed by atoms with Crippen molar-refractivity contribution in [3.8, 4) is 5.75 Å². The normalized spacial score (nSPS) is 15.1. The van der Waals surface area contributed by atoms with E-state index in [4.69, 9.17) is 28.6 Å². The maximum absolute atomic E-state index is 13.4. The second kappa shape index (κ2) is 10.7. The van der Waals surface area contributed by atoms with Gasteiger partial charge in [0.05, 0.1) is 19.2 Å². The first-order valence-electron chi connectivity index (χ1n) is 10.7. The molecule has 1 saturated heterocycles. The van der Waals surface area contributed by atoms with Crippen LogP contribution in [0.1, 0.15) is 16.8 Å². The molecule has 8 nitrogen and oxygen atoms in total. The molecule has 0 aliphatic carbocycles. The molecular formula is C25H20ClFN4O4S. The van der Waals surface area contributed by atoms with Gasteiger partial charge in [0.25, 0.3) is 11.8 Å². The molecule has 0 bridgehead atoms. The molecule has 11 heteroatoms. The highest BCUT2D eigenvalue weighted by Gasteiger charge is 2.45. The van der Waals surface area contributed by atoms with Crippen molar-refractivity contribution >= 4 is 58.0 Å². The number of nitrogens with one attached hydrogen (secondary N) is 2. The summed E-state index contributed by atoms with van der Waals surface area (Å²) in [5.74, 6) is -1.43. The summed E-state index contributed by atoms with van der Waals surface area (Å²) in [7, 11) is 1.52. The predicted molar refractivity (Wildman–Crippen MR) is 137 cm³/mol. The molecule has 1 heterocycles. The first-order valence-corrected chi connectivity index (χ1v) is 11.5. The fourth-order valence-corrected chi connectivity index (χ4v) is 4.06. The van der Waals surface area contributed by atoms with Crippen molar-refractivity contribution in [2.24, 2.45) is 0 Å². The van der Waals surface area contributed by atoms with E-state index in [9.17, 15) is 18.8 Å². The number of hydrazine groups is 1. The van der Waals surface area contributed by atoms with E-state index in [1.54, 1.807) is 36.4 Å². The zero-order chi connectivity index (χ0) is 25.8. The average Bonchev–Trinajstić information content (AvgIpc) is 3.09. The number of nitrogens with zero attached hydrogens (tertiary/aromatic N) is 2. The number of carbonyl (C=O) groups excluding carboxylic acids is 3. The van der Waals surface area contributed by atoms with Crippen LogP contribution in [0.4, 0.5) is 15.8 Å². The Morgan fingerprint density at radius 1 is 1.03 bits per heavy atom. The van der Waals surface area contributed by atoms with E-state index in [1.165, 1.54) is 53.4 Å². The SMILES string of the molecule is COc1ccc(N2C(=O)C(CC(=O)Nc3ccc(F)cc3)N(NC(=O)c3ccc(Cl)cc3)C2=S)cc1. The smallest absolute Gasteiger partial charge is 0.269 e. The topological polar surface area (TPSA) is 91.0 Å². The third kappa shape index (κ3) is 5.45. The molecule has 36 heavy (non-hydrogen) atoms. The van der Waals surface area contributed by atoms with Crippen molar-refractivity contribution in [2.45, 2.75) is 12.5 Å². The first-order chi connectivity index (χ1) is 17.3. The lowest BCUT2D eigenvalue weighted by Gasteiger charge is -2.24. The Morgan fingerprint density at radius 3 is 2.28 bits per heavy atom. The summed E-state index contributed by atoms with van der Waals surface area (Å²) in [6.07, 6.45) is -0.329. The van der Waals surface area contributed by atoms with Crippen molar-refractivity contribution in [1.82, 2.24) is 10.4 Å². The van der Waals surface area contributed by atoms with Gasteiger partial charge in [-0.05, 0) is 85.0 Å². The highest BCUT2D eigenvalue weighted by molar-refractivity contribution is 7.80. The summed E-state index contributed by atoms with van der Waals surface area (Å²) in [6, 6.07) is 16.9. The van der Waals surface area contributed by atoms with Crippen LogP contribution in [0.15, 0.2) is 72.8 Å². The van der Waals surface area contributed by atoms with Gasteiger partial charge in [-0.3, -0.25) is 24.7 Å². The molecule has 3 amide bonds. The molecule has 184 valence electrons. The summed E-state index contributed by atoms with van der Waals surface area (Å²) >= 11 is 11.4. The third-order valence-electron chi connectivity index (χ3n) is 5.38.